The van der Waals surface area contributed by atoms with E-state index in [1.165, 1.54) is 0 Å². The Morgan fingerprint density at radius 2 is 1.89 bits per heavy atom. The highest BCUT2D eigenvalue weighted by Gasteiger charge is 2.05. The van der Waals surface area contributed by atoms with E-state index in [-0.39, 0.29) is 0 Å². The van der Waals surface area contributed by atoms with Gasteiger partial charge in [0, 0.05) is 7.05 Å². The molecule has 0 aromatic heterocycles. The van der Waals surface area contributed by atoms with E-state index in [0.717, 1.165) is 7.05 Å². The maximum atomic E-state index is 9.83. The lowest BCUT2D eigenvalue weighted by Gasteiger charge is -2.09. The molecule has 0 aliphatic rings. The summed E-state index contributed by atoms with van der Waals surface area (Å²) < 4.78 is 0. The van der Waals surface area contributed by atoms with Crippen molar-refractivity contribution in [3.8, 4) is 0 Å². The van der Waals surface area contributed by atoms with Gasteiger partial charge in [-0.05, 0) is 0 Å². The fraction of sp³-hybridized carbons (Fsp3) is 0.333. The van der Waals surface area contributed by atoms with E-state index in [1.54, 1.807) is 5.43 Å². The van der Waals surface area contributed by atoms with Crippen LogP contribution in [0.25, 0.3) is 0 Å². The predicted molar refractivity (Wildman–Crippen MR) is 26.9 cm³/mol. The third-order valence-corrected chi connectivity index (χ3v) is 0.550. The molecule has 0 atom stereocenters. The zero-order chi connectivity index (χ0) is 7.44. The smallest absolute Gasteiger partial charge is 0.426 e. The molecule has 52 valence electrons. The average molecular weight is 134 g/mol. The second-order valence-electron chi connectivity index (χ2n) is 1.26. The van der Waals surface area contributed by atoms with Gasteiger partial charge in [0.25, 0.3) is 0 Å². The number of carboxylic acid groups (broad SMARTS) is 2. The van der Waals surface area contributed by atoms with Crippen molar-refractivity contribution in [2.24, 2.45) is 0 Å². The number of nitrogens with one attached hydrogen (secondary N) is 1. The van der Waals surface area contributed by atoms with Gasteiger partial charge in [-0.15, -0.1) is 0 Å². The van der Waals surface area contributed by atoms with Gasteiger partial charge in [-0.25, -0.2) is 20.0 Å². The summed E-state index contributed by atoms with van der Waals surface area (Å²) in [6.45, 7) is 0. The lowest BCUT2D eigenvalue weighted by Crippen LogP contribution is -2.41. The van der Waals surface area contributed by atoms with Crippen LogP contribution in [0.15, 0.2) is 0 Å². The van der Waals surface area contributed by atoms with Crippen LogP contribution in [0.2, 0.25) is 0 Å². The largest absolute Gasteiger partial charge is 0.464 e. The lowest BCUT2D eigenvalue weighted by molar-refractivity contribution is 0.123. The molecule has 6 nitrogen and oxygen atoms in total. The zero-order valence-corrected chi connectivity index (χ0v) is 4.66. The van der Waals surface area contributed by atoms with E-state index in [0.29, 0.717) is 5.01 Å². The summed E-state index contributed by atoms with van der Waals surface area (Å²) >= 11 is 0. The SMILES string of the molecule is CN(NC(=O)O)C(=O)O. The van der Waals surface area contributed by atoms with Crippen molar-refractivity contribution in [1.29, 1.82) is 0 Å². The Bertz CT molecular complexity index is 134. The standard InChI is InChI=1S/C3H6N2O4/c1-5(3(8)9)4-2(6)7/h4H,1H3,(H,6,7)(H,8,9). The van der Waals surface area contributed by atoms with E-state index in [2.05, 4.69) is 0 Å². The predicted octanol–water partition coefficient (Wildman–Crippen LogP) is -0.221. The van der Waals surface area contributed by atoms with Crippen LogP contribution in [0.5, 0.6) is 0 Å². The summed E-state index contributed by atoms with van der Waals surface area (Å²) in [5.41, 5.74) is 1.59. The van der Waals surface area contributed by atoms with E-state index < -0.39 is 12.2 Å². The molecule has 6 heteroatoms. The van der Waals surface area contributed by atoms with Crippen molar-refractivity contribution in [1.82, 2.24) is 10.4 Å². The summed E-state index contributed by atoms with van der Waals surface area (Å²) in [6.07, 6.45) is -2.75. The Balaban J connectivity index is 3.63. The molecule has 0 bridgehead atoms. The summed E-state index contributed by atoms with van der Waals surface area (Å²) in [7, 11) is 1.08. The first-order chi connectivity index (χ1) is 4.04. The molecule has 0 heterocycles. The summed E-state index contributed by atoms with van der Waals surface area (Å²) in [5, 5.41) is 16.4. The normalized spacial score (nSPS) is 8.11. The van der Waals surface area contributed by atoms with Gasteiger partial charge in [0.2, 0.25) is 0 Å². The summed E-state index contributed by atoms with van der Waals surface area (Å²) in [4.78, 5) is 19.5. The van der Waals surface area contributed by atoms with Crippen molar-refractivity contribution in [3.05, 3.63) is 0 Å². The Kier molecular flexibility index (Phi) is 2.31. The minimum absolute atomic E-state index is 0.433. The van der Waals surface area contributed by atoms with Crippen LogP contribution >= 0.6 is 0 Å². The second kappa shape index (κ2) is 2.75. The highest BCUT2D eigenvalue weighted by atomic mass is 16.4. The lowest BCUT2D eigenvalue weighted by atomic mass is 11.0. The van der Waals surface area contributed by atoms with Crippen molar-refractivity contribution in [2.45, 2.75) is 0 Å². The molecule has 0 saturated carbocycles. The maximum Gasteiger partial charge on any atom is 0.426 e. The van der Waals surface area contributed by atoms with Crippen LogP contribution in [0.4, 0.5) is 9.59 Å². The van der Waals surface area contributed by atoms with Gasteiger partial charge in [0.15, 0.2) is 0 Å². The molecule has 0 saturated heterocycles. The van der Waals surface area contributed by atoms with Crippen LogP contribution in [0.3, 0.4) is 0 Å². The first-order valence-corrected chi connectivity index (χ1v) is 2.00. The van der Waals surface area contributed by atoms with Crippen molar-refractivity contribution in [2.75, 3.05) is 7.05 Å². The minimum atomic E-state index is -1.40. The number of nitrogens with zero attached hydrogens (tertiary/aromatic N) is 1. The second-order valence-corrected chi connectivity index (χ2v) is 1.26. The topological polar surface area (TPSA) is 89.9 Å². The van der Waals surface area contributed by atoms with Gasteiger partial charge in [0.1, 0.15) is 0 Å². The third-order valence-electron chi connectivity index (χ3n) is 0.550. The van der Waals surface area contributed by atoms with E-state index >= 15 is 0 Å². The molecule has 0 aliphatic heterocycles. The molecular weight excluding hydrogens is 128 g/mol. The van der Waals surface area contributed by atoms with Crippen LogP contribution < -0.4 is 5.43 Å². The number of hydrazine groups is 1. The maximum absolute atomic E-state index is 9.83. The van der Waals surface area contributed by atoms with E-state index in [1.807, 2.05) is 0 Å². The molecule has 0 rings (SSSR count). The minimum Gasteiger partial charge on any atom is -0.464 e. The fourth-order valence-corrected chi connectivity index (χ4v) is 0.191. The quantitative estimate of drug-likeness (QED) is 0.399. The molecule has 0 spiro atoms. The van der Waals surface area contributed by atoms with Crippen molar-refractivity contribution in [3.63, 3.8) is 0 Å². The zero-order valence-electron chi connectivity index (χ0n) is 4.66. The molecule has 0 unspecified atom stereocenters. The molecule has 2 amide bonds. The Morgan fingerprint density at radius 3 is 2.00 bits per heavy atom. The van der Waals surface area contributed by atoms with E-state index in [4.69, 9.17) is 10.2 Å². The fourth-order valence-electron chi connectivity index (χ4n) is 0.191. The first-order valence-electron chi connectivity index (χ1n) is 2.00. The van der Waals surface area contributed by atoms with Gasteiger partial charge < -0.3 is 10.2 Å². The molecule has 9 heavy (non-hydrogen) atoms. The Hall–Kier alpha value is -1.46. The molecule has 0 aromatic rings. The number of hydrogen-bond donors (Lipinski definition) is 3. The summed E-state index contributed by atoms with van der Waals surface area (Å²) in [5.74, 6) is 0. The first kappa shape index (κ1) is 7.54. The molecule has 0 aromatic carbocycles. The van der Waals surface area contributed by atoms with Gasteiger partial charge in [0.05, 0.1) is 0 Å². The Morgan fingerprint density at radius 1 is 1.44 bits per heavy atom. The van der Waals surface area contributed by atoms with Gasteiger partial charge in [-0.1, -0.05) is 0 Å². The highest BCUT2D eigenvalue weighted by Crippen LogP contribution is 1.74. The number of amides is 2. The van der Waals surface area contributed by atoms with Crippen LogP contribution in [-0.4, -0.2) is 34.5 Å². The third kappa shape index (κ3) is 3.15. The summed E-state index contributed by atoms with van der Waals surface area (Å²) in [6, 6.07) is 0. The van der Waals surface area contributed by atoms with Crippen LogP contribution in [0, 0.1) is 0 Å². The van der Waals surface area contributed by atoms with Crippen LogP contribution in [-0.2, 0) is 0 Å². The van der Waals surface area contributed by atoms with Crippen LogP contribution in [0.1, 0.15) is 0 Å². The monoisotopic (exact) mass is 134 g/mol. The highest BCUT2D eigenvalue weighted by molar-refractivity contribution is 5.70. The molecule has 0 radical (unpaired) electrons. The van der Waals surface area contributed by atoms with Gasteiger partial charge in [-0.2, -0.15) is 0 Å². The van der Waals surface area contributed by atoms with Gasteiger partial charge in [-0.3, -0.25) is 0 Å². The molecular formula is C3H6N2O4. The number of carbonyl (C=O) groups is 2. The van der Waals surface area contributed by atoms with Crippen molar-refractivity contribution < 1.29 is 19.8 Å². The van der Waals surface area contributed by atoms with Gasteiger partial charge >= 0.3 is 12.2 Å². The number of hydrogen-bond acceptors (Lipinski definition) is 2. The molecule has 0 aliphatic carbocycles. The Labute approximate surface area is 50.7 Å². The van der Waals surface area contributed by atoms with E-state index in [9.17, 15) is 9.59 Å². The molecule has 0 fully saturated rings. The number of rotatable bonds is 0. The average Bonchev–Trinajstić information content (AvgIpc) is 1.63. The van der Waals surface area contributed by atoms with Crippen molar-refractivity contribution >= 4 is 12.2 Å². The molecule has 3 N–H and O–H groups in total.